The van der Waals surface area contributed by atoms with Crippen molar-refractivity contribution in [2.45, 2.75) is 19.9 Å². The molecule has 2 N–H and O–H groups in total. The van der Waals surface area contributed by atoms with Crippen LogP contribution in [0.3, 0.4) is 0 Å². The molecule has 1 aromatic carbocycles. The SMILES string of the molecule is CCc1cc2[nH]c(CNC(=O)COC)cc2cc1F. The van der Waals surface area contributed by atoms with E-state index in [-0.39, 0.29) is 18.3 Å². The summed E-state index contributed by atoms with van der Waals surface area (Å²) in [6.45, 7) is 2.33. The average Bonchev–Trinajstić information content (AvgIpc) is 2.77. The number of nitrogens with one attached hydrogen (secondary N) is 2. The van der Waals surface area contributed by atoms with Gasteiger partial charge in [-0.25, -0.2) is 4.39 Å². The summed E-state index contributed by atoms with van der Waals surface area (Å²) >= 11 is 0. The number of amides is 1. The fourth-order valence-corrected chi connectivity index (χ4v) is 2.00. The predicted molar refractivity (Wildman–Crippen MR) is 71.4 cm³/mol. The van der Waals surface area contributed by atoms with Gasteiger partial charge in [0.25, 0.3) is 0 Å². The first-order valence-electron chi connectivity index (χ1n) is 6.19. The third kappa shape index (κ3) is 3.12. The van der Waals surface area contributed by atoms with Gasteiger partial charge < -0.3 is 15.0 Å². The number of hydrogen-bond donors (Lipinski definition) is 2. The van der Waals surface area contributed by atoms with Crippen LogP contribution in [0.25, 0.3) is 10.9 Å². The van der Waals surface area contributed by atoms with E-state index in [1.807, 2.05) is 19.1 Å². The van der Waals surface area contributed by atoms with Gasteiger partial charge >= 0.3 is 0 Å². The number of methoxy groups -OCH3 is 1. The van der Waals surface area contributed by atoms with Crippen LogP contribution in [0.4, 0.5) is 4.39 Å². The van der Waals surface area contributed by atoms with Crippen LogP contribution in [0.15, 0.2) is 18.2 Å². The molecule has 0 aliphatic carbocycles. The summed E-state index contributed by atoms with van der Waals surface area (Å²) in [6.07, 6.45) is 0.653. The Hall–Kier alpha value is -1.88. The Bertz CT molecular complexity index is 592. The maximum absolute atomic E-state index is 13.6. The van der Waals surface area contributed by atoms with Crippen molar-refractivity contribution >= 4 is 16.8 Å². The molecule has 1 heterocycles. The van der Waals surface area contributed by atoms with Gasteiger partial charge in [-0.1, -0.05) is 6.92 Å². The number of fused-ring (bicyclic) bond motifs is 1. The van der Waals surface area contributed by atoms with Gasteiger partial charge in [-0.15, -0.1) is 0 Å². The Morgan fingerprint density at radius 3 is 2.89 bits per heavy atom. The lowest BCUT2D eigenvalue weighted by Gasteiger charge is -2.01. The van der Waals surface area contributed by atoms with Crippen molar-refractivity contribution < 1.29 is 13.9 Å². The van der Waals surface area contributed by atoms with Crippen molar-refractivity contribution in [2.24, 2.45) is 0 Å². The minimum absolute atomic E-state index is 0.0365. The summed E-state index contributed by atoms with van der Waals surface area (Å²) in [6, 6.07) is 5.17. The van der Waals surface area contributed by atoms with Gasteiger partial charge in [0.1, 0.15) is 12.4 Å². The first-order chi connectivity index (χ1) is 9.13. The van der Waals surface area contributed by atoms with Gasteiger partial charge in [0.05, 0.1) is 6.54 Å². The second-order valence-corrected chi connectivity index (χ2v) is 4.39. The maximum Gasteiger partial charge on any atom is 0.246 e. The molecule has 2 aromatic rings. The van der Waals surface area contributed by atoms with Crippen molar-refractivity contribution in [2.75, 3.05) is 13.7 Å². The van der Waals surface area contributed by atoms with E-state index in [1.54, 1.807) is 0 Å². The molecule has 1 aromatic heterocycles. The van der Waals surface area contributed by atoms with Gasteiger partial charge in [0.2, 0.25) is 5.91 Å². The zero-order chi connectivity index (χ0) is 13.8. The maximum atomic E-state index is 13.6. The van der Waals surface area contributed by atoms with Crippen LogP contribution in [0.2, 0.25) is 0 Å². The van der Waals surface area contributed by atoms with Crippen molar-refractivity contribution in [3.63, 3.8) is 0 Å². The molecule has 0 saturated heterocycles. The van der Waals surface area contributed by atoms with Crippen LogP contribution in [0, 0.1) is 5.82 Å². The normalized spacial score (nSPS) is 10.9. The van der Waals surface area contributed by atoms with E-state index in [0.717, 1.165) is 16.6 Å². The van der Waals surface area contributed by atoms with Crippen LogP contribution in [0.1, 0.15) is 18.2 Å². The smallest absolute Gasteiger partial charge is 0.246 e. The number of ether oxygens (including phenoxy) is 1. The highest BCUT2D eigenvalue weighted by atomic mass is 19.1. The highest BCUT2D eigenvalue weighted by molar-refractivity contribution is 5.82. The summed E-state index contributed by atoms with van der Waals surface area (Å²) < 4.78 is 18.4. The van der Waals surface area contributed by atoms with Crippen molar-refractivity contribution in [3.8, 4) is 0 Å². The second kappa shape index (κ2) is 5.84. The van der Waals surface area contributed by atoms with Crippen molar-refractivity contribution in [1.82, 2.24) is 10.3 Å². The molecule has 1 amide bonds. The van der Waals surface area contributed by atoms with Crippen molar-refractivity contribution in [1.29, 1.82) is 0 Å². The first kappa shape index (κ1) is 13.5. The fourth-order valence-electron chi connectivity index (χ4n) is 2.00. The number of halogens is 1. The number of carbonyl (C=O) groups is 1. The summed E-state index contributed by atoms with van der Waals surface area (Å²) in [5.41, 5.74) is 2.41. The quantitative estimate of drug-likeness (QED) is 0.869. The lowest BCUT2D eigenvalue weighted by Crippen LogP contribution is -2.26. The molecule has 19 heavy (non-hydrogen) atoms. The molecule has 0 fully saturated rings. The minimum Gasteiger partial charge on any atom is -0.375 e. The zero-order valence-corrected chi connectivity index (χ0v) is 11.0. The topological polar surface area (TPSA) is 54.1 Å². The number of hydrogen-bond acceptors (Lipinski definition) is 2. The molecular formula is C14H17FN2O2. The Balaban J connectivity index is 2.15. The van der Waals surface area contributed by atoms with Gasteiger partial charge in [-0.05, 0) is 30.2 Å². The molecule has 4 nitrogen and oxygen atoms in total. The molecule has 0 atom stereocenters. The van der Waals surface area contributed by atoms with E-state index < -0.39 is 0 Å². The monoisotopic (exact) mass is 264 g/mol. The molecule has 102 valence electrons. The zero-order valence-electron chi connectivity index (χ0n) is 11.0. The molecule has 0 unspecified atom stereocenters. The van der Waals surface area contributed by atoms with Crippen molar-refractivity contribution in [3.05, 3.63) is 35.3 Å². The number of aromatic nitrogens is 1. The minimum atomic E-state index is -0.191. The van der Waals surface area contributed by atoms with Crippen LogP contribution in [0.5, 0.6) is 0 Å². The molecular weight excluding hydrogens is 247 g/mol. The van der Waals surface area contributed by atoms with Gasteiger partial charge in [-0.2, -0.15) is 0 Å². The van der Waals surface area contributed by atoms with E-state index >= 15 is 0 Å². The highest BCUT2D eigenvalue weighted by Gasteiger charge is 2.07. The van der Waals surface area contributed by atoms with Gasteiger partial charge in [0, 0.05) is 23.7 Å². The average molecular weight is 264 g/mol. The Morgan fingerprint density at radius 1 is 1.42 bits per heavy atom. The molecule has 0 aliphatic heterocycles. The lowest BCUT2D eigenvalue weighted by molar-refractivity contribution is -0.124. The Morgan fingerprint density at radius 2 is 2.21 bits per heavy atom. The molecule has 0 radical (unpaired) electrons. The van der Waals surface area contributed by atoms with E-state index in [0.29, 0.717) is 18.5 Å². The fraction of sp³-hybridized carbons (Fsp3) is 0.357. The lowest BCUT2D eigenvalue weighted by atomic mass is 10.1. The molecule has 0 bridgehead atoms. The first-order valence-corrected chi connectivity index (χ1v) is 6.19. The largest absolute Gasteiger partial charge is 0.375 e. The standard InChI is InChI=1S/C14H17FN2O2/c1-3-9-6-13-10(5-12(9)15)4-11(17-13)7-16-14(18)8-19-2/h4-6,17H,3,7-8H2,1-2H3,(H,16,18). The predicted octanol–water partition coefficient (Wildman–Crippen LogP) is 2.13. The number of aryl methyl sites for hydroxylation is 1. The molecule has 0 aliphatic rings. The van der Waals surface area contributed by atoms with E-state index in [9.17, 15) is 9.18 Å². The summed E-state index contributed by atoms with van der Waals surface area (Å²) in [5.74, 6) is -0.370. The Kier molecular flexibility index (Phi) is 4.16. The van der Waals surface area contributed by atoms with E-state index in [2.05, 4.69) is 10.3 Å². The van der Waals surface area contributed by atoms with Crippen LogP contribution in [-0.4, -0.2) is 24.6 Å². The number of rotatable bonds is 5. The van der Waals surface area contributed by atoms with Crippen LogP contribution in [-0.2, 0) is 22.5 Å². The van der Waals surface area contributed by atoms with Crippen LogP contribution >= 0.6 is 0 Å². The summed E-state index contributed by atoms with van der Waals surface area (Å²) in [7, 11) is 1.47. The van der Waals surface area contributed by atoms with E-state index in [4.69, 9.17) is 4.74 Å². The third-order valence-corrected chi connectivity index (χ3v) is 2.98. The second-order valence-electron chi connectivity index (χ2n) is 4.39. The summed E-state index contributed by atoms with van der Waals surface area (Å²) in [5, 5.41) is 3.53. The van der Waals surface area contributed by atoms with Gasteiger partial charge in [-0.3, -0.25) is 4.79 Å². The highest BCUT2D eigenvalue weighted by Crippen LogP contribution is 2.20. The number of H-pyrrole nitrogens is 1. The van der Waals surface area contributed by atoms with Gasteiger partial charge in [0.15, 0.2) is 0 Å². The molecule has 5 heteroatoms. The third-order valence-electron chi connectivity index (χ3n) is 2.98. The summed E-state index contributed by atoms with van der Waals surface area (Å²) in [4.78, 5) is 14.4. The van der Waals surface area contributed by atoms with Crippen LogP contribution < -0.4 is 5.32 Å². The number of carbonyl (C=O) groups excluding carboxylic acids is 1. The van der Waals surface area contributed by atoms with E-state index in [1.165, 1.54) is 13.2 Å². The molecule has 0 saturated carbocycles. The Labute approximate surface area is 111 Å². The number of benzene rings is 1. The molecule has 2 rings (SSSR count). The number of aromatic amines is 1. The molecule has 0 spiro atoms.